The number of hydrogen-bond acceptors (Lipinski definition) is 2. The molecule has 2 N–H and O–H groups in total. The summed E-state index contributed by atoms with van der Waals surface area (Å²) in [5.74, 6) is 0. The van der Waals surface area contributed by atoms with Crippen LogP contribution in [-0.4, -0.2) is 11.2 Å². The van der Waals surface area contributed by atoms with Gasteiger partial charge in [0.05, 0.1) is 9.50 Å². The van der Waals surface area contributed by atoms with Gasteiger partial charge in [-0.25, -0.2) is 4.79 Å². The molecule has 1 aromatic carbocycles. The van der Waals surface area contributed by atoms with E-state index >= 15 is 0 Å². The van der Waals surface area contributed by atoms with Gasteiger partial charge in [-0.1, -0.05) is 11.6 Å². The molecule has 0 bridgehead atoms. The molecule has 0 aliphatic rings. The van der Waals surface area contributed by atoms with Crippen molar-refractivity contribution in [2.24, 2.45) is 0 Å². The zero-order valence-electron chi connectivity index (χ0n) is 7.25. The van der Waals surface area contributed by atoms with Crippen molar-refractivity contribution in [1.29, 1.82) is 0 Å². The fourth-order valence-electron chi connectivity index (χ4n) is 1.27. The molecular formula is C9H5BrClNO3. The second-order valence-electron chi connectivity index (χ2n) is 2.81. The minimum atomic E-state index is -1.18. The molecule has 1 aromatic heterocycles. The van der Waals surface area contributed by atoms with Crippen molar-refractivity contribution >= 4 is 50.3 Å². The quantitative estimate of drug-likeness (QED) is 0.836. The third kappa shape index (κ3) is 1.80. The molecule has 0 unspecified atom stereocenters. The molecule has 2 aromatic rings. The molecule has 4 nitrogen and oxygen atoms in total. The maximum absolute atomic E-state index is 10.5. The van der Waals surface area contributed by atoms with Crippen LogP contribution in [-0.2, 0) is 0 Å². The van der Waals surface area contributed by atoms with Gasteiger partial charge in [0.2, 0.25) is 0 Å². The predicted octanol–water partition coefficient (Wildman–Crippen LogP) is 3.94. The fourth-order valence-corrected chi connectivity index (χ4v) is 1.87. The van der Waals surface area contributed by atoms with Crippen LogP contribution in [0.25, 0.3) is 11.0 Å². The summed E-state index contributed by atoms with van der Waals surface area (Å²) in [6, 6.07) is 3.35. The fraction of sp³-hybridized carbons (Fsp3) is 0. The number of fused-ring (bicyclic) bond motifs is 1. The van der Waals surface area contributed by atoms with Crippen LogP contribution in [0.2, 0.25) is 5.02 Å². The Morgan fingerprint density at radius 3 is 2.93 bits per heavy atom. The highest BCUT2D eigenvalue weighted by molar-refractivity contribution is 9.10. The van der Waals surface area contributed by atoms with Crippen molar-refractivity contribution < 1.29 is 14.3 Å². The average Bonchev–Trinajstić information content (AvgIpc) is 2.52. The summed E-state index contributed by atoms with van der Waals surface area (Å²) >= 11 is 9.14. The maximum Gasteiger partial charge on any atom is 0.409 e. The van der Waals surface area contributed by atoms with Gasteiger partial charge in [-0.3, -0.25) is 5.32 Å². The normalized spacial score (nSPS) is 10.5. The zero-order valence-corrected chi connectivity index (χ0v) is 9.59. The lowest BCUT2D eigenvalue weighted by molar-refractivity contribution is 0.209. The van der Waals surface area contributed by atoms with E-state index in [2.05, 4.69) is 21.2 Å². The van der Waals surface area contributed by atoms with Gasteiger partial charge in [-0.15, -0.1) is 0 Å². The number of furan rings is 1. The third-order valence-corrected chi connectivity index (χ3v) is 2.81. The van der Waals surface area contributed by atoms with E-state index in [1.54, 1.807) is 12.1 Å². The number of amides is 1. The number of hydrogen-bond donors (Lipinski definition) is 2. The van der Waals surface area contributed by atoms with Gasteiger partial charge in [0, 0.05) is 5.39 Å². The van der Waals surface area contributed by atoms with Crippen LogP contribution in [0.4, 0.5) is 10.5 Å². The second kappa shape index (κ2) is 3.75. The van der Waals surface area contributed by atoms with Crippen LogP contribution in [0, 0.1) is 0 Å². The minimum absolute atomic E-state index is 0.257. The Labute approximate surface area is 97.9 Å². The predicted molar refractivity (Wildman–Crippen MR) is 60.6 cm³/mol. The van der Waals surface area contributed by atoms with Gasteiger partial charge in [0.15, 0.2) is 5.58 Å². The van der Waals surface area contributed by atoms with E-state index in [9.17, 15) is 4.79 Å². The first-order valence-electron chi connectivity index (χ1n) is 3.94. The molecule has 0 aliphatic heterocycles. The van der Waals surface area contributed by atoms with Gasteiger partial charge in [-0.05, 0) is 28.1 Å². The van der Waals surface area contributed by atoms with Crippen LogP contribution in [0.5, 0.6) is 0 Å². The molecule has 0 radical (unpaired) electrons. The van der Waals surface area contributed by atoms with Crippen molar-refractivity contribution in [2.75, 3.05) is 5.32 Å². The van der Waals surface area contributed by atoms with E-state index in [0.29, 0.717) is 10.6 Å². The standard InChI is InChI=1S/C9H5BrClNO3/c10-5-3-15-8-4(5)1-2-6(11)7(8)12-9(13)14/h1-3,12H,(H,13,14). The van der Waals surface area contributed by atoms with Crippen LogP contribution < -0.4 is 5.32 Å². The molecule has 15 heavy (non-hydrogen) atoms. The molecule has 0 saturated heterocycles. The first kappa shape index (κ1) is 10.3. The summed E-state index contributed by atoms with van der Waals surface area (Å²) in [4.78, 5) is 10.5. The lowest BCUT2D eigenvalue weighted by Gasteiger charge is -2.03. The number of anilines is 1. The SMILES string of the molecule is O=C(O)Nc1c(Cl)ccc2c(Br)coc12. The first-order chi connectivity index (χ1) is 7.09. The van der Waals surface area contributed by atoms with Crippen LogP contribution >= 0.6 is 27.5 Å². The van der Waals surface area contributed by atoms with Crippen molar-refractivity contribution in [2.45, 2.75) is 0 Å². The van der Waals surface area contributed by atoms with E-state index < -0.39 is 6.09 Å². The largest absolute Gasteiger partial charge is 0.465 e. The van der Waals surface area contributed by atoms with Gasteiger partial charge in [-0.2, -0.15) is 0 Å². The molecule has 0 fully saturated rings. The van der Waals surface area contributed by atoms with Crippen LogP contribution in [0.15, 0.2) is 27.3 Å². The molecule has 6 heteroatoms. The first-order valence-corrected chi connectivity index (χ1v) is 5.12. The monoisotopic (exact) mass is 289 g/mol. The van der Waals surface area contributed by atoms with Crippen molar-refractivity contribution in [1.82, 2.24) is 0 Å². The molecule has 2 rings (SSSR count). The molecule has 1 heterocycles. The van der Waals surface area contributed by atoms with E-state index in [1.807, 2.05) is 0 Å². The maximum atomic E-state index is 10.5. The molecule has 78 valence electrons. The number of carboxylic acid groups (broad SMARTS) is 1. The Hall–Kier alpha value is -1.20. The summed E-state index contributed by atoms with van der Waals surface area (Å²) in [6.07, 6.45) is 0.297. The Bertz CT molecular complexity index is 537. The zero-order chi connectivity index (χ0) is 11.0. The highest BCUT2D eigenvalue weighted by atomic mass is 79.9. The Kier molecular flexibility index (Phi) is 2.58. The van der Waals surface area contributed by atoms with Gasteiger partial charge in [0.25, 0.3) is 0 Å². The number of halogens is 2. The summed E-state index contributed by atoms with van der Waals surface area (Å²) in [6.45, 7) is 0. The van der Waals surface area contributed by atoms with Crippen molar-refractivity contribution in [3.05, 3.63) is 27.9 Å². The van der Waals surface area contributed by atoms with E-state index in [0.717, 1.165) is 9.86 Å². The summed E-state index contributed by atoms with van der Waals surface area (Å²) < 4.78 is 5.96. The lowest BCUT2D eigenvalue weighted by Crippen LogP contribution is -2.07. The summed E-state index contributed by atoms with van der Waals surface area (Å²) in [5, 5.41) is 11.9. The topological polar surface area (TPSA) is 62.5 Å². The Morgan fingerprint density at radius 2 is 2.27 bits per heavy atom. The Balaban J connectivity index is 2.68. The number of carbonyl (C=O) groups is 1. The Morgan fingerprint density at radius 1 is 1.53 bits per heavy atom. The molecule has 0 atom stereocenters. The van der Waals surface area contributed by atoms with Crippen molar-refractivity contribution in [3.63, 3.8) is 0 Å². The average molecular weight is 291 g/mol. The lowest BCUT2D eigenvalue weighted by atomic mass is 10.2. The van der Waals surface area contributed by atoms with E-state index in [4.69, 9.17) is 21.1 Å². The smallest absolute Gasteiger partial charge is 0.409 e. The molecular weight excluding hydrogens is 285 g/mol. The van der Waals surface area contributed by atoms with Crippen LogP contribution in [0.3, 0.4) is 0 Å². The van der Waals surface area contributed by atoms with Crippen molar-refractivity contribution in [3.8, 4) is 0 Å². The highest BCUT2D eigenvalue weighted by Crippen LogP contribution is 2.36. The molecule has 0 aliphatic carbocycles. The number of benzene rings is 1. The van der Waals surface area contributed by atoms with Gasteiger partial charge < -0.3 is 9.52 Å². The van der Waals surface area contributed by atoms with E-state index in [1.165, 1.54) is 6.26 Å². The minimum Gasteiger partial charge on any atom is -0.465 e. The third-order valence-electron chi connectivity index (χ3n) is 1.88. The molecule has 1 amide bonds. The number of nitrogens with one attached hydrogen (secondary N) is 1. The molecule has 0 spiro atoms. The van der Waals surface area contributed by atoms with E-state index in [-0.39, 0.29) is 5.69 Å². The van der Waals surface area contributed by atoms with Gasteiger partial charge in [0.1, 0.15) is 12.0 Å². The number of rotatable bonds is 1. The summed E-state index contributed by atoms with van der Waals surface area (Å²) in [5.41, 5.74) is 0.671. The highest BCUT2D eigenvalue weighted by Gasteiger charge is 2.13. The summed E-state index contributed by atoms with van der Waals surface area (Å²) in [7, 11) is 0. The second-order valence-corrected chi connectivity index (χ2v) is 4.07. The van der Waals surface area contributed by atoms with Gasteiger partial charge >= 0.3 is 6.09 Å². The van der Waals surface area contributed by atoms with Crippen LogP contribution in [0.1, 0.15) is 0 Å². The molecule has 0 saturated carbocycles.